The molecule has 0 spiro atoms. The Hall–Kier alpha value is 1.41. The van der Waals surface area contributed by atoms with Gasteiger partial charge in [0.1, 0.15) is 0 Å². The zero-order valence-electron chi connectivity index (χ0n) is 7.52. The fourth-order valence-corrected chi connectivity index (χ4v) is 0.694. The van der Waals surface area contributed by atoms with Crippen LogP contribution in [0.3, 0.4) is 0 Å². The van der Waals surface area contributed by atoms with Crippen molar-refractivity contribution in [1.29, 1.82) is 0 Å². The van der Waals surface area contributed by atoms with E-state index in [9.17, 15) is 12.9 Å². The van der Waals surface area contributed by atoms with Crippen LogP contribution in [0.1, 0.15) is 0 Å². The number of methoxy groups -OCH3 is 2. The molecule has 0 fully saturated rings. The molecule has 0 saturated carbocycles. The Morgan fingerprint density at radius 3 is 1.58 bits per heavy atom. The first-order valence-electron chi connectivity index (χ1n) is 3.20. The second-order valence-corrected chi connectivity index (χ2v) is 2.30. The molecule has 0 rings (SSSR count). The second-order valence-electron chi connectivity index (χ2n) is 2.30. The van der Waals surface area contributed by atoms with Gasteiger partial charge in [-0.2, -0.15) is 0 Å². The quantitative estimate of drug-likeness (QED) is 0.514. The summed E-state index contributed by atoms with van der Waals surface area (Å²) >= 11 is 0. The summed E-state index contributed by atoms with van der Waals surface area (Å²) < 4.78 is 44.8. The molecule has 68 valence electrons. The van der Waals surface area contributed by atoms with Crippen molar-refractivity contribution in [1.82, 2.24) is 0 Å². The number of hydrogen-bond donors (Lipinski definition) is 0. The molecule has 2 nitrogen and oxygen atoms in total. The van der Waals surface area contributed by atoms with E-state index in [0.29, 0.717) is 0 Å². The fourth-order valence-electron chi connectivity index (χ4n) is 0.694. The summed E-state index contributed by atoms with van der Waals surface area (Å²) in [6.45, 7) is -5.48. The van der Waals surface area contributed by atoms with E-state index in [-0.39, 0.29) is 64.6 Å². The zero-order chi connectivity index (χ0) is 8.91. The first-order valence-corrected chi connectivity index (χ1v) is 3.20. The van der Waals surface area contributed by atoms with Gasteiger partial charge in [-0.05, 0) is 5.82 Å². The van der Waals surface area contributed by atoms with E-state index in [2.05, 4.69) is 9.47 Å². The molecule has 0 aliphatic rings. The smallest absolute Gasteiger partial charge is 0.449 e. The maximum absolute atomic E-state index is 12.0. The van der Waals surface area contributed by atoms with Gasteiger partial charge in [0.15, 0.2) is 0 Å². The van der Waals surface area contributed by atoms with Crippen molar-refractivity contribution in [3.63, 3.8) is 0 Å². The van der Waals surface area contributed by atoms with E-state index in [1.807, 2.05) is 0 Å². The minimum absolute atomic E-state index is 0. The van der Waals surface area contributed by atoms with Crippen LogP contribution in [0.25, 0.3) is 0 Å². The third-order valence-electron chi connectivity index (χ3n) is 1.30. The molecule has 7 heteroatoms. The van der Waals surface area contributed by atoms with Crippen molar-refractivity contribution in [3.05, 3.63) is 0 Å². The molecule has 0 unspecified atom stereocenters. The Balaban J connectivity index is 0. The first kappa shape index (κ1) is 15.9. The van der Waals surface area contributed by atoms with Gasteiger partial charge < -0.3 is 22.4 Å². The van der Waals surface area contributed by atoms with Crippen LogP contribution in [0.15, 0.2) is 0 Å². The van der Waals surface area contributed by atoms with Crippen molar-refractivity contribution >= 4 is 6.98 Å². The number of hydrogen-bond acceptors (Lipinski definition) is 2. The van der Waals surface area contributed by atoms with Crippen LogP contribution in [0.5, 0.6) is 0 Å². The molecule has 0 radical (unpaired) electrons. The van der Waals surface area contributed by atoms with Crippen LogP contribution in [0, 0.1) is 0 Å². The van der Waals surface area contributed by atoms with Gasteiger partial charge in [0.25, 0.3) is 0 Å². The largest absolute Gasteiger partial charge is 1.00 e. The molecular weight excluding hydrogens is 199 g/mol. The van der Waals surface area contributed by atoms with Gasteiger partial charge >= 0.3 is 58.4 Å². The summed E-state index contributed by atoms with van der Waals surface area (Å²) in [6.07, 6.45) is 0. The summed E-state index contributed by atoms with van der Waals surface area (Å²) in [4.78, 5) is 0. The number of ether oxygens (including phenoxy) is 2. The van der Waals surface area contributed by atoms with E-state index < -0.39 is 12.8 Å². The van der Waals surface area contributed by atoms with Gasteiger partial charge in [-0.1, -0.05) is 0 Å². The zero-order valence-corrected chi connectivity index (χ0v) is 10.6. The van der Waals surface area contributed by atoms with Gasteiger partial charge in [-0.15, -0.1) is 0 Å². The average Bonchev–Trinajstić information content (AvgIpc) is 1.85. The topological polar surface area (TPSA) is 18.5 Å². The second kappa shape index (κ2) is 7.78. The third kappa shape index (κ3) is 6.88. The minimum Gasteiger partial charge on any atom is -0.449 e. The molecule has 0 aromatic carbocycles. The van der Waals surface area contributed by atoms with Gasteiger partial charge in [0.05, 0.1) is 0 Å². The van der Waals surface area contributed by atoms with Gasteiger partial charge in [0, 0.05) is 27.4 Å². The minimum atomic E-state index is -4.84. The number of rotatable bonds is 5. The van der Waals surface area contributed by atoms with Crippen LogP contribution in [-0.4, -0.2) is 34.4 Å². The molecule has 0 aliphatic carbocycles. The van der Waals surface area contributed by atoms with Crippen LogP contribution < -0.4 is 51.4 Å². The van der Waals surface area contributed by atoms with Crippen molar-refractivity contribution in [2.24, 2.45) is 0 Å². The maximum Gasteiger partial charge on any atom is 1.00 e. The average molecular weight is 210 g/mol. The van der Waals surface area contributed by atoms with Crippen molar-refractivity contribution in [3.8, 4) is 0 Å². The summed E-state index contributed by atoms with van der Waals surface area (Å²) in [5.74, 6) is -1.45. The number of halogens is 3. The van der Waals surface area contributed by atoms with Crippen molar-refractivity contribution < 1.29 is 73.8 Å². The van der Waals surface area contributed by atoms with Gasteiger partial charge in [0.2, 0.25) is 0 Å². The molecule has 0 heterocycles. The molecule has 0 aromatic rings. The standard InChI is InChI=1S/C5H11BF3O2.K/c1-10-3-5(4-11-2)6(7,8)9;/h5H,3-4H2,1-2H3;/q-1;+1. The van der Waals surface area contributed by atoms with E-state index in [1.54, 1.807) is 0 Å². The Bertz CT molecular complexity index is 105. The first-order chi connectivity index (χ1) is 5.02. The van der Waals surface area contributed by atoms with Crippen LogP contribution in [-0.2, 0) is 9.47 Å². The predicted octanol–water partition coefficient (Wildman–Crippen LogP) is -1.50. The third-order valence-corrected chi connectivity index (χ3v) is 1.30. The summed E-state index contributed by atoms with van der Waals surface area (Å²) in [5.41, 5.74) is 0. The Labute approximate surface area is 113 Å². The van der Waals surface area contributed by atoms with Crippen LogP contribution >= 0.6 is 0 Å². The molecule has 0 bridgehead atoms. The van der Waals surface area contributed by atoms with Crippen LogP contribution in [0.4, 0.5) is 12.9 Å². The molecule has 0 aliphatic heterocycles. The Morgan fingerprint density at radius 2 is 1.42 bits per heavy atom. The fraction of sp³-hybridized carbons (Fsp3) is 1.00. The van der Waals surface area contributed by atoms with E-state index in [1.165, 1.54) is 14.2 Å². The van der Waals surface area contributed by atoms with Gasteiger partial charge in [-0.3, -0.25) is 0 Å². The molecule has 0 N–H and O–H groups in total. The van der Waals surface area contributed by atoms with E-state index >= 15 is 0 Å². The SMILES string of the molecule is COCC(COC)[B-](F)(F)F.[K+]. The molecule has 12 heavy (non-hydrogen) atoms. The molecule has 0 aromatic heterocycles. The molecule has 0 atom stereocenters. The Kier molecular flexibility index (Phi) is 10.3. The summed E-state index contributed by atoms with van der Waals surface area (Å²) in [7, 11) is 2.48. The molecule has 0 amide bonds. The van der Waals surface area contributed by atoms with Gasteiger partial charge in [-0.25, -0.2) is 0 Å². The molecule has 0 saturated heterocycles. The van der Waals surface area contributed by atoms with E-state index in [4.69, 9.17) is 0 Å². The monoisotopic (exact) mass is 210 g/mol. The summed E-state index contributed by atoms with van der Waals surface area (Å²) in [5, 5.41) is 0. The Morgan fingerprint density at radius 1 is 1.08 bits per heavy atom. The predicted molar refractivity (Wildman–Crippen MR) is 36.6 cm³/mol. The normalized spacial score (nSPS) is 11.5. The van der Waals surface area contributed by atoms with E-state index in [0.717, 1.165) is 0 Å². The van der Waals surface area contributed by atoms with Crippen molar-refractivity contribution in [2.75, 3.05) is 27.4 Å². The van der Waals surface area contributed by atoms with Crippen LogP contribution in [0.2, 0.25) is 5.82 Å². The van der Waals surface area contributed by atoms with Crippen molar-refractivity contribution in [2.45, 2.75) is 5.82 Å². The summed E-state index contributed by atoms with van der Waals surface area (Å²) in [6, 6.07) is 0. The maximum atomic E-state index is 12.0. The molecular formula is C5H11BF3KO2.